The molecule has 0 bridgehead atoms. The Bertz CT molecular complexity index is 798. The first-order valence-electron chi connectivity index (χ1n) is 9.57. The van der Waals surface area contributed by atoms with Crippen molar-refractivity contribution in [2.45, 2.75) is 33.5 Å². The first kappa shape index (κ1) is 20.5. The van der Waals surface area contributed by atoms with Gasteiger partial charge in [-0.25, -0.2) is 0 Å². The predicted molar refractivity (Wildman–Crippen MR) is 119 cm³/mol. The summed E-state index contributed by atoms with van der Waals surface area (Å²) in [6.45, 7) is 5.60. The molecular weight excluding hydrogens is 412 g/mol. The quantitative estimate of drug-likeness (QED) is 0.341. The van der Waals surface area contributed by atoms with Gasteiger partial charge in [-0.2, -0.15) is 0 Å². The molecule has 0 atom stereocenters. The highest BCUT2D eigenvalue weighted by Crippen LogP contribution is 2.30. The first-order valence-corrected chi connectivity index (χ1v) is 10.7. The van der Waals surface area contributed by atoms with Gasteiger partial charge in [0.05, 0.1) is 0 Å². The van der Waals surface area contributed by atoms with Crippen LogP contribution in [-0.4, -0.2) is 5.33 Å². The zero-order valence-electron chi connectivity index (χ0n) is 16.5. The van der Waals surface area contributed by atoms with Crippen LogP contribution < -0.4 is 9.47 Å². The average molecular weight is 439 g/mol. The van der Waals surface area contributed by atoms with Crippen molar-refractivity contribution in [3.63, 3.8) is 0 Å². The Labute approximate surface area is 176 Å². The van der Waals surface area contributed by atoms with E-state index in [1.807, 2.05) is 42.5 Å². The van der Waals surface area contributed by atoms with Crippen molar-refractivity contribution < 1.29 is 9.47 Å². The summed E-state index contributed by atoms with van der Waals surface area (Å²) in [6.07, 6.45) is 0.947. The molecule has 0 saturated carbocycles. The van der Waals surface area contributed by atoms with Crippen molar-refractivity contribution >= 4 is 15.9 Å². The number of ether oxygens (including phenoxy) is 2. The summed E-state index contributed by atoms with van der Waals surface area (Å²) < 4.78 is 12.2. The van der Waals surface area contributed by atoms with E-state index in [9.17, 15) is 0 Å². The molecule has 3 aromatic carbocycles. The minimum atomic E-state index is 0.161. The largest absolute Gasteiger partial charge is 0.489 e. The fraction of sp³-hybridized carbons (Fsp3) is 0.280. The van der Waals surface area contributed by atoms with E-state index in [2.05, 4.69) is 66.2 Å². The molecule has 0 amide bonds. The Morgan fingerprint density at radius 1 is 0.679 bits per heavy atom. The zero-order valence-corrected chi connectivity index (χ0v) is 18.1. The van der Waals surface area contributed by atoms with Crippen LogP contribution in [0.1, 0.15) is 30.5 Å². The lowest BCUT2D eigenvalue weighted by atomic mass is 9.88. The lowest BCUT2D eigenvalue weighted by Gasteiger charge is -2.22. The Balaban J connectivity index is 1.76. The molecule has 3 rings (SSSR count). The molecule has 0 fully saturated rings. The summed E-state index contributed by atoms with van der Waals surface area (Å²) in [5.41, 5.74) is 3.69. The number of hydrogen-bond acceptors (Lipinski definition) is 2. The first-order chi connectivity index (χ1) is 13.5. The second-order valence-electron chi connectivity index (χ2n) is 7.84. The van der Waals surface area contributed by atoms with E-state index in [-0.39, 0.29) is 5.41 Å². The zero-order chi connectivity index (χ0) is 19.8. The number of hydrogen-bond donors (Lipinski definition) is 0. The molecule has 28 heavy (non-hydrogen) atoms. The normalized spacial score (nSPS) is 11.2. The summed E-state index contributed by atoms with van der Waals surface area (Å²) >= 11 is 3.63. The van der Waals surface area contributed by atoms with Crippen LogP contribution in [0.25, 0.3) is 0 Å². The summed E-state index contributed by atoms with van der Waals surface area (Å²) in [5, 5.41) is 0.940. The van der Waals surface area contributed by atoms with Gasteiger partial charge in [-0.3, -0.25) is 0 Å². The second-order valence-corrected chi connectivity index (χ2v) is 8.40. The van der Waals surface area contributed by atoms with Gasteiger partial charge in [-0.15, -0.1) is 0 Å². The molecule has 0 saturated heterocycles. The van der Waals surface area contributed by atoms with E-state index in [1.54, 1.807) is 0 Å². The van der Waals surface area contributed by atoms with Gasteiger partial charge in [-0.05, 0) is 40.7 Å². The van der Waals surface area contributed by atoms with Crippen LogP contribution in [0.4, 0.5) is 0 Å². The van der Waals surface area contributed by atoms with Crippen molar-refractivity contribution in [2.24, 2.45) is 5.41 Å². The van der Waals surface area contributed by atoms with Crippen LogP contribution in [0.3, 0.4) is 0 Å². The SMILES string of the molecule is CC(C)(CBr)Cc1cc(OCc2ccccc2)cc(OCc2ccccc2)c1. The minimum Gasteiger partial charge on any atom is -0.489 e. The minimum absolute atomic E-state index is 0.161. The fourth-order valence-corrected chi connectivity index (χ4v) is 3.18. The number of halogens is 1. The van der Waals surface area contributed by atoms with Gasteiger partial charge in [-0.1, -0.05) is 90.4 Å². The molecule has 0 radical (unpaired) electrons. The van der Waals surface area contributed by atoms with E-state index < -0.39 is 0 Å². The van der Waals surface area contributed by atoms with Crippen LogP contribution in [0, 0.1) is 5.41 Å². The monoisotopic (exact) mass is 438 g/mol. The molecule has 3 heteroatoms. The Hall–Kier alpha value is -2.26. The maximum atomic E-state index is 6.08. The smallest absolute Gasteiger partial charge is 0.123 e. The molecule has 0 aliphatic heterocycles. The van der Waals surface area contributed by atoms with Gasteiger partial charge in [0, 0.05) is 11.4 Å². The Kier molecular flexibility index (Phi) is 7.16. The maximum Gasteiger partial charge on any atom is 0.123 e. The molecule has 0 unspecified atom stereocenters. The van der Waals surface area contributed by atoms with Gasteiger partial charge in [0.2, 0.25) is 0 Å². The summed E-state index contributed by atoms with van der Waals surface area (Å²) in [6, 6.07) is 26.7. The number of benzene rings is 3. The Morgan fingerprint density at radius 3 is 1.57 bits per heavy atom. The van der Waals surface area contributed by atoms with Crippen molar-refractivity contribution in [1.82, 2.24) is 0 Å². The van der Waals surface area contributed by atoms with Gasteiger partial charge in [0.15, 0.2) is 0 Å². The predicted octanol–water partition coefficient (Wildman–Crippen LogP) is 6.81. The second kappa shape index (κ2) is 9.79. The third-order valence-corrected chi connectivity index (χ3v) is 6.00. The van der Waals surface area contributed by atoms with Crippen LogP contribution in [0.2, 0.25) is 0 Å². The lowest BCUT2D eigenvalue weighted by Crippen LogP contribution is -2.16. The number of alkyl halides is 1. The van der Waals surface area contributed by atoms with Crippen molar-refractivity contribution in [3.05, 3.63) is 95.6 Å². The van der Waals surface area contributed by atoms with Gasteiger partial charge >= 0.3 is 0 Å². The van der Waals surface area contributed by atoms with Crippen LogP contribution in [-0.2, 0) is 19.6 Å². The van der Waals surface area contributed by atoms with E-state index in [1.165, 1.54) is 5.56 Å². The van der Waals surface area contributed by atoms with Crippen LogP contribution in [0.15, 0.2) is 78.9 Å². The molecule has 0 aliphatic carbocycles. The van der Waals surface area contributed by atoms with E-state index in [0.29, 0.717) is 13.2 Å². The highest BCUT2D eigenvalue weighted by Gasteiger charge is 2.18. The van der Waals surface area contributed by atoms with Crippen LogP contribution >= 0.6 is 15.9 Å². The van der Waals surface area contributed by atoms with E-state index >= 15 is 0 Å². The molecule has 2 nitrogen and oxygen atoms in total. The van der Waals surface area contributed by atoms with E-state index in [4.69, 9.17) is 9.47 Å². The molecule has 0 spiro atoms. The van der Waals surface area contributed by atoms with Gasteiger partial charge in [0.25, 0.3) is 0 Å². The third kappa shape index (κ3) is 6.42. The third-order valence-electron chi connectivity index (χ3n) is 4.48. The van der Waals surface area contributed by atoms with Crippen molar-refractivity contribution in [1.29, 1.82) is 0 Å². The molecule has 146 valence electrons. The van der Waals surface area contributed by atoms with Crippen molar-refractivity contribution in [3.8, 4) is 11.5 Å². The average Bonchev–Trinajstić information content (AvgIpc) is 2.72. The summed E-state index contributed by atoms with van der Waals surface area (Å²) in [5.74, 6) is 1.68. The van der Waals surface area contributed by atoms with Crippen molar-refractivity contribution in [2.75, 3.05) is 5.33 Å². The van der Waals surface area contributed by atoms with Crippen LogP contribution in [0.5, 0.6) is 11.5 Å². The van der Waals surface area contributed by atoms with Gasteiger partial charge in [0.1, 0.15) is 24.7 Å². The molecular formula is C25H27BrO2. The highest BCUT2D eigenvalue weighted by molar-refractivity contribution is 9.09. The number of rotatable bonds is 9. The molecule has 0 aliphatic rings. The molecule has 0 aromatic heterocycles. The van der Waals surface area contributed by atoms with Gasteiger partial charge < -0.3 is 9.47 Å². The highest BCUT2D eigenvalue weighted by atomic mass is 79.9. The maximum absolute atomic E-state index is 6.08. The summed E-state index contributed by atoms with van der Waals surface area (Å²) in [7, 11) is 0. The molecule has 0 heterocycles. The topological polar surface area (TPSA) is 18.5 Å². The Morgan fingerprint density at radius 2 is 1.14 bits per heavy atom. The molecule has 3 aromatic rings. The lowest BCUT2D eigenvalue weighted by molar-refractivity contribution is 0.288. The fourth-order valence-electron chi connectivity index (χ4n) is 2.98. The van der Waals surface area contributed by atoms with E-state index in [0.717, 1.165) is 34.4 Å². The standard InChI is InChI=1S/C25H27BrO2/c1-25(2,19-26)16-22-13-23(27-17-20-9-5-3-6-10-20)15-24(14-22)28-18-21-11-7-4-8-12-21/h3-15H,16-19H2,1-2H3. The molecule has 0 N–H and O–H groups in total. The summed E-state index contributed by atoms with van der Waals surface area (Å²) in [4.78, 5) is 0.